The monoisotopic (exact) mass is 455 g/mol. The highest BCUT2D eigenvalue weighted by atomic mass is 16.2. The lowest BCUT2D eigenvalue weighted by Gasteiger charge is -2.17. The average Bonchev–Trinajstić information content (AvgIpc) is 3.38. The van der Waals surface area contributed by atoms with Crippen molar-refractivity contribution in [3.8, 4) is 0 Å². The van der Waals surface area contributed by atoms with Gasteiger partial charge < -0.3 is 10.2 Å². The van der Waals surface area contributed by atoms with Crippen molar-refractivity contribution in [3.05, 3.63) is 77.1 Å². The van der Waals surface area contributed by atoms with E-state index in [2.05, 4.69) is 5.32 Å². The highest BCUT2D eigenvalue weighted by molar-refractivity contribution is 5.92. The van der Waals surface area contributed by atoms with E-state index >= 15 is 0 Å². The van der Waals surface area contributed by atoms with Gasteiger partial charge in [0.25, 0.3) is 0 Å². The van der Waals surface area contributed by atoms with E-state index in [1.165, 1.54) is 0 Å². The number of benzene rings is 2. The molecule has 34 heavy (non-hydrogen) atoms. The van der Waals surface area contributed by atoms with Crippen LogP contribution in [0.15, 0.2) is 54.6 Å². The van der Waals surface area contributed by atoms with Crippen molar-refractivity contribution in [2.24, 2.45) is 5.92 Å². The Bertz CT molecular complexity index is 1360. The van der Waals surface area contributed by atoms with Gasteiger partial charge in [-0.2, -0.15) is 5.10 Å². The van der Waals surface area contributed by atoms with E-state index in [-0.39, 0.29) is 17.7 Å². The Morgan fingerprint density at radius 2 is 1.85 bits per heavy atom. The third-order valence-electron chi connectivity index (χ3n) is 6.72. The highest BCUT2D eigenvalue weighted by Gasteiger charge is 2.29. The third kappa shape index (κ3) is 4.38. The molecule has 1 N–H and O–H groups in total. The van der Waals surface area contributed by atoms with Crippen molar-refractivity contribution in [2.75, 3.05) is 13.1 Å². The molecule has 7 nitrogen and oxygen atoms in total. The van der Waals surface area contributed by atoms with Gasteiger partial charge in [0.1, 0.15) is 0 Å². The molecule has 0 spiro atoms. The molecule has 1 aliphatic heterocycles. The van der Waals surface area contributed by atoms with Gasteiger partial charge in [-0.25, -0.2) is 9.50 Å². The Hall–Kier alpha value is -3.74. The van der Waals surface area contributed by atoms with Crippen molar-refractivity contribution in [1.29, 1.82) is 0 Å². The number of hydrogen-bond donors (Lipinski definition) is 1. The maximum absolute atomic E-state index is 12.6. The Morgan fingerprint density at radius 1 is 1.09 bits per heavy atom. The van der Waals surface area contributed by atoms with E-state index in [0.29, 0.717) is 38.9 Å². The zero-order valence-electron chi connectivity index (χ0n) is 19.6. The van der Waals surface area contributed by atoms with Crippen LogP contribution in [0.3, 0.4) is 0 Å². The summed E-state index contributed by atoms with van der Waals surface area (Å²) in [6, 6.07) is 18.0. The first-order valence-electron chi connectivity index (χ1n) is 11.8. The van der Waals surface area contributed by atoms with Crippen LogP contribution in [0, 0.1) is 19.8 Å². The fourth-order valence-electron chi connectivity index (χ4n) is 4.87. The first-order chi connectivity index (χ1) is 16.5. The van der Waals surface area contributed by atoms with Crippen LogP contribution in [0.1, 0.15) is 35.4 Å². The smallest absolute Gasteiger partial charge is 0.223 e. The molecular formula is C27H29N5O2. The third-order valence-corrected chi connectivity index (χ3v) is 6.72. The molecule has 2 aromatic carbocycles. The quantitative estimate of drug-likeness (QED) is 0.462. The Morgan fingerprint density at radius 3 is 2.68 bits per heavy atom. The first kappa shape index (κ1) is 22.1. The molecular weight excluding hydrogens is 426 g/mol. The van der Waals surface area contributed by atoms with E-state index in [0.717, 1.165) is 39.1 Å². The zero-order valence-corrected chi connectivity index (χ0v) is 19.6. The standard InChI is InChI=1S/C27H29N5O2/c1-18-22(19(2)32-27(29-18)23-10-6-7-11-24(23)30-32)12-13-25(33)28-15-21-14-26(34)31(17-21)16-20-8-4-3-5-9-20/h3-11,21H,12-17H2,1-2H3,(H,28,33). The molecule has 0 bridgehead atoms. The van der Waals surface area contributed by atoms with Gasteiger partial charge in [0.05, 0.1) is 5.52 Å². The second-order valence-corrected chi connectivity index (χ2v) is 9.15. The Labute approximate surface area is 198 Å². The van der Waals surface area contributed by atoms with Crippen molar-refractivity contribution in [2.45, 2.75) is 39.7 Å². The number of nitrogens with zero attached hydrogens (tertiary/aromatic N) is 4. The van der Waals surface area contributed by atoms with Gasteiger partial charge in [-0.05, 0) is 43.5 Å². The normalized spacial score (nSPS) is 16.0. The number of hydrogen-bond acceptors (Lipinski definition) is 4. The van der Waals surface area contributed by atoms with Gasteiger partial charge in [-0.3, -0.25) is 9.59 Å². The number of aromatic nitrogens is 3. The van der Waals surface area contributed by atoms with Crippen molar-refractivity contribution in [1.82, 2.24) is 24.8 Å². The van der Waals surface area contributed by atoms with Crippen LogP contribution in [-0.4, -0.2) is 44.4 Å². The molecule has 4 aromatic rings. The predicted octanol–water partition coefficient (Wildman–Crippen LogP) is 3.60. The molecule has 2 aromatic heterocycles. The van der Waals surface area contributed by atoms with E-state index < -0.39 is 0 Å². The summed E-state index contributed by atoms with van der Waals surface area (Å²) in [7, 11) is 0. The number of carbonyl (C=O) groups is 2. The first-order valence-corrected chi connectivity index (χ1v) is 11.8. The van der Waals surface area contributed by atoms with Gasteiger partial charge in [0.15, 0.2) is 5.65 Å². The molecule has 1 unspecified atom stereocenters. The summed E-state index contributed by atoms with van der Waals surface area (Å²) in [5.74, 6) is 0.303. The van der Waals surface area contributed by atoms with Gasteiger partial charge in [-0.15, -0.1) is 0 Å². The van der Waals surface area contributed by atoms with Crippen LogP contribution < -0.4 is 5.32 Å². The lowest BCUT2D eigenvalue weighted by atomic mass is 10.1. The van der Waals surface area contributed by atoms with Crippen LogP contribution in [0.25, 0.3) is 16.6 Å². The molecule has 7 heteroatoms. The summed E-state index contributed by atoms with van der Waals surface area (Å²) in [5.41, 5.74) is 5.90. The number of nitrogens with one attached hydrogen (secondary N) is 1. The number of fused-ring (bicyclic) bond motifs is 3. The second kappa shape index (κ2) is 9.25. The predicted molar refractivity (Wildman–Crippen MR) is 131 cm³/mol. The fraction of sp³-hybridized carbons (Fsp3) is 0.333. The topological polar surface area (TPSA) is 79.6 Å². The summed E-state index contributed by atoms with van der Waals surface area (Å²) < 4.78 is 1.89. The molecule has 2 amide bonds. The lowest BCUT2D eigenvalue weighted by molar-refractivity contribution is -0.128. The van der Waals surface area contributed by atoms with E-state index in [9.17, 15) is 9.59 Å². The highest BCUT2D eigenvalue weighted by Crippen LogP contribution is 2.23. The molecule has 1 fully saturated rings. The minimum absolute atomic E-state index is 0.00141. The molecule has 0 saturated carbocycles. The van der Waals surface area contributed by atoms with Crippen LogP contribution in [0.2, 0.25) is 0 Å². The van der Waals surface area contributed by atoms with Gasteiger partial charge in [0.2, 0.25) is 11.8 Å². The van der Waals surface area contributed by atoms with Crippen molar-refractivity contribution in [3.63, 3.8) is 0 Å². The molecule has 174 valence electrons. The second-order valence-electron chi connectivity index (χ2n) is 9.15. The van der Waals surface area contributed by atoms with Crippen LogP contribution >= 0.6 is 0 Å². The minimum Gasteiger partial charge on any atom is -0.356 e. The summed E-state index contributed by atoms with van der Waals surface area (Å²) in [5, 5.41) is 8.76. The average molecular weight is 456 g/mol. The van der Waals surface area contributed by atoms with Gasteiger partial charge in [0, 0.05) is 55.2 Å². The lowest BCUT2D eigenvalue weighted by Crippen LogP contribution is -2.31. The molecule has 0 aliphatic carbocycles. The number of likely N-dealkylation sites (tertiary alicyclic amines) is 1. The largest absolute Gasteiger partial charge is 0.356 e. The van der Waals surface area contributed by atoms with E-state index in [1.54, 1.807) is 0 Å². The minimum atomic E-state index is -0.00141. The number of rotatable bonds is 7. The van der Waals surface area contributed by atoms with Crippen LogP contribution in [-0.2, 0) is 22.6 Å². The molecule has 0 radical (unpaired) electrons. The maximum Gasteiger partial charge on any atom is 0.223 e. The molecule has 3 heterocycles. The SMILES string of the molecule is Cc1nc2c3ccccc3nn2c(C)c1CCC(=O)NCC1CC(=O)N(Cc2ccccc2)C1. The maximum atomic E-state index is 12.6. The molecule has 1 atom stereocenters. The zero-order chi connectivity index (χ0) is 23.7. The van der Waals surface area contributed by atoms with E-state index in [1.807, 2.05) is 77.9 Å². The summed E-state index contributed by atoms with van der Waals surface area (Å²) in [6.45, 7) is 5.86. The van der Waals surface area contributed by atoms with Crippen LogP contribution in [0.4, 0.5) is 0 Å². The van der Waals surface area contributed by atoms with E-state index in [4.69, 9.17) is 10.1 Å². The summed E-state index contributed by atoms with van der Waals surface area (Å²) in [6.07, 6.45) is 1.47. The van der Waals surface area contributed by atoms with Gasteiger partial charge in [-0.1, -0.05) is 42.5 Å². The summed E-state index contributed by atoms with van der Waals surface area (Å²) in [4.78, 5) is 31.7. The fourth-order valence-corrected chi connectivity index (χ4v) is 4.87. The Kier molecular flexibility index (Phi) is 6.01. The molecule has 1 saturated heterocycles. The molecule has 1 aliphatic rings. The summed E-state index contributed by atoms with van der Waals surface area (Å²) >= 11 is 0. The van der Waals surface area contributed by atoms with Gasteiger partial charge >= 0.3 is 0 Å². The number of carbonyl (C=O) groups excluding carboxylic acids is 2. The van der Waals surface area contributed by atoms with Crippen molar-refractivity contribution >= 4 is 28.4 Å². The van der Waals surface area contributed by atoms with Crippen molar-refractivity contribution < 1.29 is 9.59 Å². The Balaban J connectivity index is 1.17. The number of amides is 2. The molecule has 5 rings (SSSR count). The van der Waals surface area contributed by atoms with Crippen LogP contribution in [0.5, 0.6) is 0 Å². The number of aryl methyl sites for hydroxylation is 2.